The number of rotatable bonds is 5. The highest BCUT2D eigenvalue weighted by Crippen LogP contribution is 2.19. The van der Waals surface area contributed by atoms with Crippen LogP contribution in [0.3, 0.4) is 0 Å². The summed E-state index contributed by atoms with van der Waals surface area (Å²) >= 11 is 0. The molecule has 0 aromatic carbocycles. The average Bonchev–Trinajstić information content (AvgIpc) is 2.73. The largest absolute Gasteiger partial charge is 0.479 e. The molecule has 2 fully saturated rings. The lowest BCUT2D eigenvalue weighted by atomic mass is 9.99. The molecule has 2 heterocycles. The molecule has 1 unspecified atom stereocenters. The molecule has 0 aliphatic carbocycles. The van der Waals surface area contributed by atoms with Gasteiger partial charge < -0.3 is 25.2 Å². The van der Waals surface area contributed by atoms with E-state index in [1.54, 1.807) is 0 Å². The maximum Gasteiger partial charge on any atom is 0.331 e. The summed E-state index contributed by atoms with van der Waals surface area (Å²) in [6.45, 7) is 3.53. The molecule has 102 valence electrons. The van der Waals surface area contributed by atoms with Crippen molar-refractivity contribution in [3.05, 3.63) is 0 Å². The summed E-state index contributed by atoms with van der Waals surface area (Å²) in [5.74, 6) is -1.49. The van der Waals surface area contributed by atoms with E-state index in [0.717, 1.165) is 0 Å². The summed E-state index contributed by atoms with van der Waals surface area (Å²) in [5, 5.41) is 14.7. The van der Waals surface area contributed by atoms with E-state index in [4.69, 9.17) is 14.6 Å². The smallest absolute Gasteiger partial charge is 0.331 e. The molecule has 0 bridgehead atoms. The second kappa shape index (κ2) is 4.83. The highest BCUT2D eigenvalue weighted by Gasteiger charge is 2.44. The van der Waals surface area contributed by atoms with Crippen molar-refractivity contribution >= 4 is 11.9 Å². The van der Waals surface area contributed by atoms with E-state index in [-0.39, 0.29) is 25.2 Å². The summed E-state index contributed by atoms with van der Waals surface area (Å²) < 4.78 is 10.5. The van der Waals surface area contributed by atoms with Gasteiger partial charge in [-0.1, -0.05) is 0 Å². The Morgan fingerprint density at radius 3 is 2.67 bits per heavy atom. The monoisotopic (exact) mass is 258 g/mol. The van der Waals surface area contributed by atoms with Crippen LogP contribution in [0.4, 0.5) is 0 Å². The summed E-state index contributed by atoms with van der Waals surface area (Å²) in [7, 11) is 0. The second-order valence-corrected chi connectivity index (χ2v) is 5.08. The van der Waals surface area contributed by atoms with Gasteiger partial charge in [-0.25, -0.2) is 4.79 Å². The Balaban J connectivity index is 1.84. The first-order valence-electron chi connectivity index (χ1n) is 5.93. The van der Waals surface area contributed by atoms with Crippen LogP contribution < -0.4 is 10.6 Å². The van der Waals surface area contributed by atoms with Gasteiger partial charge in [0.25, 0.3) is 0 Å². The third-order valence-corrected chi connectivity index (χ3v) is 3.36. The minimum Gasteiger partial charge on any atom is -0.479 e. The predicted molar refractivity (Wildman–Crippen MR) is 61.2 cm³/mol. The molecule has 18 heavy (non-hydrogen) atoms. The first-order chi connectivity index (χ1) is 8.46. The third kappa shape index (κ3) is 2.63. The fourth-order valence-electron chi connectivity index (χ4n) is 2.01. The predicted octanol–water partition coefficient (Wildman–Crippen LogP) is -1.28. The highest BCUT2D eigenvalue weighted by molar-refractivity contribution is 5.88. The van der Waals surface area contributed by atoms with E-state index in [9.17, 15) is 9.59 Å². The summed E-state index contributed by atoms with van der Waals surface area (Å²) in [5.41, 5.74) is -1.61. The van der Waals surface area contributed by atoms with Crippen molar-refractivity contribution in [1.82, 2.24) is 10.6 Å². The lowest BCUT2D eigenvalue weighted by Gasteiger charge is -2.39. The van der Waals surface area contributed by atoms with Gasteiger partial charge in [0.1, 0.15) is 6.61 Å². The Labute approximate surface area is 105 Å². The zero-order chi connectivity index (χ0) is 13.2. The lowest BCUT2D eigenvalue weighted by molar-refractivity contribution is -0.150. The SMILES string of the molecule is CC1(OCC(=O)NC2(C(=O)O)CCOC2)CNC1. The Hall–Kier alpha value is -1.18. The number of amides is 1. The summed E-state index contributed by atoms with van der Waals surface area (Å²) in [6, 6.07) is 0. The molecule has 1 amide bonds. The van der Waals surface area contributed by atoms with E-state index in [1.165, 1.54) is 0 Å². The van der Waals surface area contributed by atoms with E-state index in [0.29, 0.717) is 19.7 Å². The first-order valence-corrected chi connectivity index (χ1v) is 5.93. The van der Waals surface area contributed by atoms with Crippen molar-refractivity contribution in [2.24, 2.45) is 0 Å². The third-order valence-electron chi connectivity index (χ3n) is 3.36. The maximum atomic E-state index is 11.7. The number of carbonyl (C=O) groups excluding carboxylic acids is 1. The zero-order valence-corrected chi connectivity index (χ0v) is 10.3. The van der Waals surface area contributed by atoms with Crippen LogP contribution in [-0.4, -0.2) is 61.0 Å². The van der Waals surface area contributed by atoms with Gasteiger partial charge in [-0.2, -0.15) is 0 Å². The van der Waals surface area contributed by atoms with Crippen LogP contribution in [0, 0.1) is 0 Å². The maximum absolute atomic E-state index is 11.7. The van der Waals surface area contributed by atoms with Crippen molar-refractivity contribution < 1.29 is 24.2 Å². The molecule has 3 N–H and O–H groups in total. The molecule has 7 nitrogen and oxygen atoms in total. The van der Waals surface area contributed by atoms with Crippen molar-refractivity contribution in [2.45, 2.75) is 24.5 Å². The molecule has 0 aromatic heterocycles. The molecule has 0 saturated carbocycles. The molecule has 7 heteroatoms. The van der Waals surface area contributed by atoms with Crippen LogP contribution in [0.1, 0.15) is 13.3 Å². The van der Waals surface area contributed by atoms with Gasteiger partial charge >= 0.3 is 5.97 Å². The molecule has 0 spiro atoms. The summed E-state index contributed by atoms with van der Waals surface area (Å²) in [6.07, 6.45) is 0.285. The number of hydrogen-bond donors (Lipinski definition) is 3. The minimum absolute atomic E-state index is 0.00684. The normalized spacial score (nSPS) is 29.6. The molecule has 2 aliphatic heterocycles. The molecular weight excluding hydrogens is 240 g/mol. The number of aliphatic carboxylic acids is 1. The zero-order valence-electron chi connectivity index (χ0n) is 10.3. The van der Waals surface area contributed by atoms with Crippen LogP contribution in [-0.2, 0) is 19.1 Å². The van der Waals surface area contributed by atoms with E-state index in [2.05, 4.69) is 10.6 Å². The molecule has 2 rings (SSSR count). The Kier molecular flexibility index (Phi) is 3.56. The second-order valence-electron chi connectivity index (χ2n) is 5.08. The quantitative estimate of drug-likeness (QED) is 0.568. The highest BCUT2D eigenvalue weighted by atomic mass is 16.5. The standard InChI is InChI=1S/C11H18N2O5/c1-10(5-12-6-10)18-4-8(14)13-11(9(15)16)2-3-17-7-11/h12H,2-7H2,1H3,(H,13,14)(H,15,16). The van der Waals surface area contributed by atoms with Crippen LogP contribution >= 0.6 is 0 Å². The molecule has 2 aliphatic rings. The molecular formula is C11H18N2O5. The van der Waals surface area contributed by atoms with Crippen molar-refractivity contribution in [1.29, 1.82) is 0 Å². The number of hydrogen-bond acceptors (Lipinski definition) is 5. The van der Waals surface area contributed by atoms with Crippen molar-refractivity contribution in [3.63, 3.8) is 0 Å². The van der Waals surface area contributed by atoms with E-state index in [1.807, 2.05) is 6.92 Å². The van der Waals surface area contributed by atoms with Crippen LogP contribution in [0.25, 0.3) is 0 Å². The first kappa shape index (κ1) is 13.3. The van der Waals surface area contributed by atoms with E-state index < -0.39 is 17.4 Å². The molecule has 0 radical (unpaired) electrons. The van der Waals surface area contributed by atoms with Gasteiger partial charge in [-0.05, 0) is 6.92 Å². The lowest BCUT2D eigenvalue weighted by Crippen LogP contribution is -2.61. The number of carboxylic acids is 1. The van der Waals surface area contributed by atoms with Gasteiger partial charge in [0.2, 0.25) is 5.91 Å². The topological polar surface area (TPSA) is 96.9 Å². The molecule has 0 aromatic rings. The van der Waals surface area contributed by atoms with Gasteiger partial charge in [0, 0.05) is 26.1 Å². The van der Waals surface area contributed by atoms with Crippen LogP contribution in [0.5, 0.6) is 0 Å². The number of nitrogens with one attached hydrogen (secondary N) is 2. The number of ether oxygens (including phenoxy) is 2. The molecule has 2 saturated heterocycles. The summed E-state index contributed by atoms with van der Waals surface area (Å²) in [4.78, 5) is 22.9. The number of carboxylic acid groups (broad SMARTS) is 1. The fourth-order valence-corrected chi connectivity index (χ4v) is 2.01. The van der Waals surface area contributed by atoms with Crippen molar-refractivity contribution in [2.75, 3.05) is 32.9 Å². The van der Waals surface area contributed by atoms with Crippen LogP contribution in [0.2, 0.25) is 0 Å². The van der Waals surface area contributed by atoms with Crippen molar-refractivity contribution in [3.8, 4) is 0 Å². The minimum atomic E-state index is -1.29. The van der Waals surface area contributed by atoms with Gasteiger partial charge in [0.15, 0.2) is 5.54 Å². The Morgan fingerprint density at radius 1 is 1.50 bits per heavy atom. The van der Waals surface area contributed by atoms with Gasteiger partial charge in [-0.3, -0.25) is 4.79 Å². The van der Waals surface area contributed by atoms with E-state index >= 15 is 0 Å². The Morgan fingerprint density at radius 2 is 2.22 bits per heavy atom. The fraction of sp³-hybridized carbons (Fsp3) is 0.818. The number of carbonyl (C=O) groups is 2. The Bertz CT molecular complexity index is 347. The van der Waals surface area contributed by atoms with Gasteiger partial charge in [-0.15, -0.1) is 0 Å². The van der Waals surface area contributed by atoms with Crippen LogP contribution in [0.15, 0.2) is 0 Å². The van der Waals surface area contributed by atoms with Gasteiger partial charge in [0.05, 0.1) is 12.2 Å². The molecule has 1 atom stereocenters. The average molecular weight is 258 g/mol.